The fourth-order valence-electron chi connectivity index (χ4n) is 2.05. The number of hydrogen-bond donors (Lipinski definition) is 2. The van der Waals surface area contributed by atoms with Gasteiger partial charge in [-0.2, -0.15) is 0 Å². The Labute approximate surface area is 136 Å². The first kappa shape index (κ1) is 16.7. The number of nitrogens with zero attached hydrogens (tertiary/aromatic N) is 1. The lowest BCUT2D eigenvalue weighted by molar-refractivity contribution is 0.0953. The van der Waals surface area contributed by atoms with E-state index >= 15 is 0 Å². The normalized spacial score (nSPS) is 10.2. The van der Waals surface area contributed by atoms with Gasteiger partial charge in [0.15, 0.2) is 0 Å². The number of anilines is 1. The highest BCUT2D eigenvalue weighted by Gasteiger charge is 2.12. The number of amides is 2. The van der Waals surface area contributed by atoms with Gasteiger partial charge in [0.2, 0.25) is 0 Å². The lowest BCUT2D eigenvalue weighted by atomic mass is 10.1. The quantitative estimate of drug-likeness (QED) is 0.891. The number of nitrogens with one attached hydrogen (secondary N) is 2. The molecule has 23 heavy (non-hydrogen) atoms. The van der Waals surface area contributed by atoms with Crippen molar-refractivity contribution in [2.24, 2.45) is 0 Å². The van der Waals surface area contributed by atoms with Gasteiger partial charge in [0.05, 0.1) is 0 Å². The Hall–Kier alpha value is -2.69. The Morgan fingerprint density at radius 1 is 1.04 bits per heavy atom. The molecule has 0 spiro atoms. The van der Waals surface area contributed by atoms with Crippen LogP contribution in [0.25, 0.3) is 0 Å². The summed E-state index contributed by atoms with van der Waals surface area (Å²) in [6.07, 6.45) is 2.33. The molecule has 0 unspecified atom stereocenters. The predicted molar refractivity (Wildman–Crippen MR) is 90.7 cm³/mol. The Kier molecular flexibility index (Phi) is 5.46. The maximum absolute atomic E-state index is 12.3. The van der Waals surface area contributed by atoms with Crippen LogP contribution < -0.4 is 10.6 Å². The molecule has 120 valence electrons. The van der Waals surface area contributed by atoms with Crippen LogP contribution in [0.1, 0.15) is 45.3 Å². The molecule has 0 bridgehead atoms. The number of rotatable bonds is 5. The van der Waals surface area contributed by atoms with Crippen LogP contribution in [0.3, 0.4) is 0 Å². The molecule has 2 N–H and O–H groups in total. The number of carbonyl (C=O) groups is 2. The molecule has 1 heterocycles. The number of aromatic nitrogens is 1. The second kappa shape index (κ2) is 7.54. The summed E-state index contributed by atoms with van der Waals surface area (Å²) in [7, 11) is 0. The minimum atomic E-state index is -0.335. The van der Waals surface area contributed by atoms with E-state index in [0.29, 0.717) is 17.8 Å². The maximum atomic E-state index is 12.3. The molecule has 0 radical (unpaired) electrons. The fraction of sp³-hybridized carbons (Fsp3) is 0.278. The molecule has 2 aromatic rings. The standard InChI is InChI=1S/C18H21N3O2/c1-4-8-20-17(22)14-7-9-19-16(11-14)18(23)21-15-6-5-12(2)13(3)10-15/h5-7,9-11H,4,8H2,1-3H3,(H,20,22)(H,21,23). The van der Waals surface area contributed by atoms with Gasteiger partial charge in [-0.15, -0.1) is 0 Å². The van der Waals surface area contributed by atoms with Crippen molar-refractivity contribution < 1.29 is 9.59 Å². The molecule has 5 nitrogen and oxygen atoms in total. The fourth-order valence-corrected chi connectivity index (χ4v) is 2.05. The van der Waals surface area contributed by atoms with E-state index in [9.17, 15) is 9.59 Å². The molecule has 0 aliphatic heterocycles. The Balaban J connectivity index is 2.13. The van der Waals surface area contributed by atoms with E-state index in [4.69, 9.17) is 0 Å². The van der Waals surface area contributed by atoms with Crippen molar-refractivity contribution in [2.45, 2.75) is 27.2 Å². The highest BCUT2D eigenvalue weighted by Crippen LogP contribution is 2.15. The first-order chi connectivity index (χ1) is 11.0. The molecule has 1 aromatic heterocycles. The zero-order valence-electron chi connectivity index (χ0n) is 13.6. The van der Waals surface area contributed by atoms with Crippen LogP contribution in [-0.2, 0) is 0 Å². The third-order valence-electron chi connectivity index (χ3n) is 3.56. The van der Waals surface area contributed by atoms with E-state index in [1.165, 1.54) is 12.3 Å². The number of hydrogen-bond acceptors (Lipinski definition) is 3. The minimum Gasteiger partial charge on any atom is -0.352 e. The average molecular weight is 311 g/mol. The molecule has 2 rings (SSSR count). The van der Waals surface area contributed by atoms with E-state index in [1.54, 1.807) is 6.07 Å². The van der Waals surface area contributed by atoms with Crippen LogP contribution in [0.2, 0.25) is 0 Å². The first-order valence-corrected chi connectivity index (χ1v) is 7.64. The molecular formula is C18H21N3O2. The second-order valence-electron chi connectivity index (χ2n) is 5.44. The van der Waals surface area contributed by atoms with Gasteiger partial charge >= 0.3 is 0 Å². The first-order valence-electron chi connectivity index (χ1n) is 7.64. The molecule has 0 saturated carbocycles. The van der Waals surface area contributed by atoms with Crippen molar-refractivity contribution in [3.8, 4) is 0 Å². The van der Waals surface area contributed by atoms with Gasteiger partial charge in [-0.25, -0.2) is 0 Å². The van der Waals surface area contributed by atoms with Gasteiger partial charge in [-0.1, -0.05) is 13.0 Å². The van der Waals surface area contributed by atoms with Crippen LogP contribution in [0.5, 0.6) is 0 Å². The monoisotopic (exact) mass is 311 g/mol. The average Bonchev–Trinajstić information content (AvgIpc) is 2.56. The molecule has 0 fully saturated rings. The summed E-state index contributed by atoms with van der Waals surface area (Å²) in [6.45, 7) is 6.59. The minimum absolute atomic E-state index is 0.200. The van der Waals surface area contributed by atoms with Crippen LogP contribution in [0.15, 0.2) is 36.5 Å². The topological polar surface area (TPSA) is 71.1 Å². The number of pyridine rings is 1. The van der Waals surface area contributed by atoms with Gasteiger partial charge in [0.25, 0.3) is 11.8 Å². The summed E-state index contributed by atoms with van der Waals surface area (Å²) in [6, 6.07) is 8.80. The lowest BCUT2D eigenvalue weighted by Crippen LogP contribution is -2.24. The SMILES string of the molecule is CCCNC(=O)c1ccnc(C(=O)Nc2ccc(C)c(C)c2)c1. The summed E-state index contributed by atoms with van der Waals surface area (Å²) < 4.78 is 0. The predicted octanol–water partition coefficient (Wildman–Crippen LogP) is 3.09. The molecular weight excluding hydrogens is 290 g/mol. The maximum Gasteiger partial charge on any atom is 0.274 e. The summed E-state index contributed by atoms with van der Waals surface area (Å²) in [5.41, 5.74) is 3.62. The van der Waals surface area contributed by atoms with Crippen molar-refractivity contribution in [3.63, 3.8) is 0 Å². The molecule has 1 aromatic carbocycles. The zero-order chi connectivity index (χ0) is 16.8. The van der Waals surface area contributed by atoms with Crippen LogP contribution in [0.4, 0.5) is 5.69 Å². The van der Waals surface area contributed by atoms with Gasteiger partial charge < -0.3 is 10.6 Å². The van der Waals surface area contributed by atoms with E-state index in [2.05, 4.69) is 15.6 Å². The second-order valence-corrected chi connectivity index (χ2v) is 5.44. The number of aryl methyl sites for hydroxylation is 2. The third kappa shape index (κ3) is 4.39. The van der Waals surface area contributed by atoms with Gasteiger partial charge in [0.1, 0.15) is 5.69 Å². The van der Waals surface area contributed by atoms with Crippen molar-refractivity contribution in [1.82, 2.24) is 10.3 Å². The van der Waals surface area contributed by atoms with Crippen molar-refractivity contribution in [1.29, 1.82) is 0 Å². The third-order valence-corrected chi connectivity index (χ3v) is 3.56. The Morgan fingerprint density at radius 2 is 1.83 bits per heavy atom. The molecule has 2 amide bonds. The molecule has 0 aliphatic carbocycles. The zero-order valence-corrected chi connectivity index (χ0v) is 13.6. The van der Waals surface area contributed by atoms with E-state index in [-0.39, 0.29) is 17.5 Å². The molecule has 0 aliphatic rings. The summed E-state index contributed by atoms with van der Waals surface area (Å²) in [4.78, 5) is 28.3. The van der Waals surface area contributed by atoms with Gasteiger partial charge in [-0.05, 0) is 55.7 Å². The van der Waals surface area contributed by atoms with Crippen LogP contribution >= 0.6 is 0 Å². The van der Waals surface area contributed by atoms with E-state index < -0.39 is 0 Å². The van der Waals surface area contributed by atoms with Crippen molar-refractivity contribution >= 4 is 17.5 Å². The van der Waals surface area contributed by atoms with Gasteiger partial charge in [-0.3, -0.25) is 14.6 Å². The highest BCUT2D eigenvalue weighted by atomic mass is 16.2. The van der Waals surface area contributed by atoms with E-state index in [0.717, 1.165) is 17.5 Å². The molecule has 5 heteroatoms. The summed E-state index contributed by atoms with van der Waals surface area (Å²) >= 11 is 0. The van der Waals surface area contributed by atoms with E-state index in [1.807, 2.05) is 39.0 Å². The van der Waals surface area contributed by atoms with Gasteiger partial charge in [0, 0.05) is 24.0 Å². The summed E-state index contributed by atoms with van der Waals surface area (Å²) in [5, 5.41) is 5.58. The molecule has 0 atom stereocenters. The Bertz CT molecular complexity index is 726. The molecule has 0 saturated heterocycles. The number of benzene rings is 1. The summed E-state index contributed by atoms with van der Waals surface area (Å²) in [5.74, 6) is -0.534. The van der Waals surface area contributed by atoms with Crippen molar-refractivity contribution in [3.05, 3.63) is 58.9 Å². The van der Waals surface area contributed by atoms with Crippen LogP contribution in [0, 0.1) is 13.8 Å². The lowest BCUT2D eigenvalue weighted by Gasteiger charge is -2.08. The van der Waals surface area contributed by atoms with Crippen LogP contribution in [-0.4, -0.2) is 23.3 Å². The Morgan fingerprint density at radius 3 is 2.52 bits per heavy atom. The smallest absolute Gasteiger partial charge is 0.274 e. The number of carbonyl (C=O) groups excluding carboxylic acids is 2. The highest BCUT2D eigenvalue weighted by molar-refractivity contribution is 6.04. The largest absolute Gasteiger partial charge is 0.352 e. The van der Waals surface area contributed by atoms with Crippen molar-refractivity contribution in [2.75, 3.05) is 11.9 Å².